The van der Waals surface area contributed by atoms with Crippen molar-refractivity contribution in [1.82, 2.24) is 4.90 Å². The third kappa shape index (κ3) is 3.80. The third-order valence-electron chi connectivity index (χ3n) is 3.75. The van der Waals surface area contributed by atoms with Crippen molar-refractivity contribution in [2.75, 3.05) is 13.1 Å². The van der Waals surface area contributed by atoms with Crippen LogP contribution in [-0.4, -0.2) is 29.9 Å². The lowest BCUT2D eigenvalue weighted by molar-refractivity contribution is -0.131. The summed E-state index contributed by atoms with van der Waals surface area (Å²) in [4.78, 5) is 14.0. The van der Waals surface area contributed by atoms with Crippen molar-refractivity contribution in [3.8, 4) is 0 Å². The summed E-state index contributed by atoms with van der Waals surface area (Å²) < 4.78 is 0. The summed E-state index contributed by atoms with van der Waals surface area (Å²) >= 11 is 0. The first kappa shape index (κ1) is 14.1. The van der Waals surface area contributed by atoms with Crippen LogP contribution in [0.1, 0.15) is 37.3 Å². The Balaban J connectivity index is 1.90. The first-order valence-electron chi connectivity index (χ1n) is 7.33. The van der Waals surface area contributed by atoms with Gasteiger partial charge in [-0.25, -0.2) is 0 Å². The van der Waals surface area contributed by atoms with Gasteiger partial charge in [-0.2, -0.15) is 0 Å². The van der Waals surface area contributed by atoms with Gasteiger partial charge < -0.3 is 10.6 Å². The van der Waals surface area contributed by atoms with E-state index in [-0.39, 0.29) is 5.91 Å². The standard InChI is InChI=1S/C16H24N2O/c1-2-5-13-6-8-14(9-7-13)12-15(17)16(19)18-10-3-4-11-18/h6-9,15H,2-5,10-12,17H2,1H3. The highest BCUT2D eigenvalue weighted by molar-refractivity contribution is 5.82. The summed E-state index contributed by atoms with van der Waals surface area (Å²) in [6.45, 7) is 3.93. The van der Waals surface area contributed by atoms with Crippen LogP contribution >= 0.6 is 0 Å². The molecule has 1 aromatic carbocycles. The fourth-order valence-electron chi connectivity index (χ4n) is 2.64. The molecule has 1 aromatic rings. The lowest BCUT2D eigenvalue weighted by Crippen LogP contribution is -2.43. The zero-order valence-corrected chi connectivity index (χ0v) is 11.8. The Labute approximate surface area is 115 Å². The van der Waals surface area contributed by atoms with Crippen LogP contribution in [0, 0.1) is 0 Å². The second-order valence-electron chi connectivity index (χ2n) is 5.41. The lowest BCUT2D eigenvalue weighted by Gasteiger charge is -2.20. The normalized spacial score (nSPS) is 16.6. The molecule has 1 saturated heterocycles. The maximum absolute atomic E-state index is 12.1. The summed E-state index contributed by atoms with van der Waals surface area (Å²) in [7, 11) is 0. The van der Waals surface area contributed by atoms with Crippen LogP contribution < -0.4 is 5.73 Å². The minimum absolute atomic E-state index is 0.107. The molecule has 3 nitrogen and oxygen atoms in total. The van der Waals surface area contributed by atoms with Gasteiger partial charge in [-0.1, -0.05) is 37.6 Å². The van der Waals surface area contributed by atoms with E-state index in [1.807, 2.05) is 4.90 Å². The van der Waals surface area contributed by atoms with Crippen LogP contribution in [-0.2, 0) is 17.6 Å². The van der Waals surface area contributed by atoms with Crippen molar-refractivity contribution in [3.05, 3.63) is 35.4 Å². The maximum atomic E-state index is 12.1. The Morgan fingerprint density at radius 3 is 2.37 bits per heavy atom. The fraction of sp³-hybridized carbons (Fsp3) is 0.562. The smallest absolute Gasteiger partial charge is 0.239 e. The molecule has 0 spiro atoms. The average Bonchev–Trinajstić information content (AvgIpc) is 2.94. The molecule has 1 unspecified atom stereocenters. The van der Waals surface area contributed by atoms with Crippen molar-refractivity contribution < 1.29 is 4.79 Å². The number of nitrogens with zero attached hydrogens (tertiary/aromatic N) is 1. The molecule has 3 heteroatoms. The second kappa shape index (κ2) is 6.71. The number of hydrogen-bond donors (Lipinski definition) is 1. The van der Waals surface area contributed by atoms with Crippen LogP contribution in [0.15, 0.2) is 24.3 Å². The number of nitrogens with two attached hydrogens (primary N) is 1. The Kier molecular flexibility index (Phi) is 4.97. The van der Waals surface area contributed by atoms with Crippen LogP contribution in [0.3, 0.4) is 0 Å². The molecule has 0 saturated carbocycles. The van der Waals surface area contributed by atoms with Crippen LogP contribution in [0.2, 0.25) is 0 Å². The Hall–Kier alpha value is -1.35. The van der Waals surface area contributed by atoms with Crippen molar-refractivity contribution in [2.24, 2.45) is 5.73 Å². The van der Waals surface area contributed by atoms with Crippen molar-refractivity contribution in [3.63, 3.8) is 0 Å². The van der Waals surface area contributed by atoms with Gasteiger partial charge in [0, 0.05) is 13.1 Å². The molecule has 1 aliphatic rings. The van der Waals surface area contributed by atoms with Crippen LogP contribution in [0.25, 0.3) is 0 Å². The van der Waals surface area contributed by atoms with Crippen LogP contribution in [0.5, 0.6) is 0 Å². The SMILES string of the molecule is CCCc1ccc(CC(N)C(=O)N2CCCC2)cc1. The summed E-state index contributed by atoms with van der Waals surface area (Å²) in [6.07, 6.45) is 5.14. The number of aryl methyl sites for hydroxylation is 1. The van der Waals surface area contributed by atoms with Gasteiger partial charge in [0.25, 0.3) is 0 Å². The van der Waals surface area contributed by atoms with E-state index in [9.17, 15) is 4.79 Å². The Bertz CT molecular complexity index is 407. The number of hydrogen-bond acceptors (Lipinski definition) is 2. The van der Waals surface area contributed by atoms with Gasteiger partial charge in [0.05, 0.1) is 6.04 Å². The van der Waals surface area contributed by atoms with E-state index in [2.05, 4.69) is 31.2 Å². The van der Waals surface area contributed by atoms with Crippen molar-refractivity contribution in [1.29, 1.82) is 0 Å². The van der Waals surface area contributed by atoms with E-state index in [1.165, 1.54) is 5.56 Å². The van der Waals surface area contributed by atoms with Gasteiger partial charge in [0.1, 0.15) is 0 Å². The highest BCUT2D eigenvalue weighted by Crippen LogP contribution is 2.12. The molecule has 2 rings (SSSR count). The summed E-state index contributed by atoms with van der Waals surface area (Å²) in [6, 6.07) is 8.09. The highest BCUT2D eigenvalue weighted by atomic mass is 16.2. The molecule has 0 aliphatic carbocycles. The van der Waals surface area contributed by atoms with Crippen molar-refractivity contribution in [2.45, 2.75) is 45.1 Å². The number of carbonyl (C=O) groups excluding carboxylic acids is 1. The van der Waals surface area contributed by atoms with E-state index in [1.54, 1.807) is 0 Å². The predicted molar refractivity (Wildman–Crippen MR) is 77.9 cm³/mol. The van der Waals surface area contributed by atoms with Gasteiger partial charge in [-0.15, -0.1) is 0 Å². The van der Waals surface area contributed by atoms with E-state index in [0.717, 1.165) is 44.3 Å². The molecule has 1 aliphatic heterocycles. The number of amides is 1. The zero-order chi connectivity index (χ0) is 13.7. The maximum Gasteiger partial charge on any atom is 0.239 e. The highest BCUT2D eigenvalue weighted by Gasteiger charge is 2.23. The van der Waals surface area contributed by atoms with Gasteiger partial charge >= 0.3 is 0 Å². The van der Waals surface area contributed by atoms with Crippen molar-refractivity contribution >= 4 is 5.91 Å². The number of likely N-dealkylation sites (tertiary alicyclic amines) is 1. The van der Waals surface area contributed by atoms with E-state index in [0.29, 0.717) is 6.42 Å². The summed E-state index contributed by atoms with van der Waals surface area (Å²) in [5.41, 5.74) is 8.54. The monoisotopic (exact) mass is 260 g/mol. The molecule has 1 atom stereocenters. The molecule has 0 radical (unpaired) electrons. The molecule has 1 fully saturated rings. The summed E-state index contributed by atoms with van der Waals surface area (Å²) in [5.74, 6) is 0.107. The summed E-state index contributed by atoms with van der Waals surface area (Å²) in [5, 5.41) is 0. The second-order valence-corrected chi connectivity index (χ2v) is 5.41. The number of rotatable bonds is 5. The molecular formula is C16H24N2O. The van der Waals surface area contributed by atoms with Gasteiger partial charge in [0.2, 0.25) is 5.91 Å². The molecule has 1 amide bonds. The zero-order valence-electron chi connectivity index (χ0n) is 11.8. The van der Waals surface area contributed by atoms with Crippen LogP contribution in [0.4, 0.5) is 0 Å². The average molecular weight is 260 g/mol. The van der Waals surface area contributed by atoms with Gasteiger partial charge in [-0.05, 0) is 36.8 Å². The minimum Gasteiger partial charge on any atom is -0.341 e. The molecular weight excluding hydrogens is 236 g/mol. The van der Waals surface area contributed by atoms with Gasteiger partial charge in [0.15, 0.2) is 0 Å². The Morgan fingerprint density at radius 1 is 1.21 bits per heavy atom. The fourth-order valence-corrected chi connectivity index (χ4v) is 2.64. The largest absolute Gasteiger partial charge is 0.341 e. The van der Waals surface area contributed by atoms with E-state index >= 15 is 0 Å². The van der Waals surface area contributed by atoms with E-state index < -0.39 is 6.04 Å². The number of benzene rings is 1. The quantitative estimate of drug-likeness (QED) is 0.881. The minimum atomic E-state index is -0.393. The Morgan fingerprint density at radius 2 is 1.79 bits per heavy atom. The van der Waals surface area contributed by atoms with Gasteiger partial charge in [-0.3, -0.25) is 4.79 Å². The predicted octanol–water partition coefficient (Wildman–Crippen LogP) is 2.13. The molecule has 19 heavy (non-hydrogen) atoms. The molecule has 0 bridgehead atoms. The molecule has 104 valence electrons. The third-order valence-corrected chi connectivity index (χ3v) is 3.75. The molecule has 0 aromatic heterocycles. The molecule has 1 heterocycles. The van der Waals surface area contributed by atoms with E-state index in [4.69, 9.17) is 5.73 Å². The molecule has 2 N–H and O–H groups in total. The lowest BCUT2D eigenvalue weighted by atomic mass is 10.0. The first-order valence-corrected chi connectivity index (χ1v) is 7.33. The topological polar surface area (TPSA) is 46.3 Å². The first-order chi connectivity index (χ1) is 9.20. The number of carbonyl (C=O) groups is 1.